The van der Waals surface area contributed by atoms with Crippen LogP contribution in [-0.2, 0) is 0 Å². The Balaban J connectivity index is 0.00000117. The molecule has 0 amide bonds. The zero-order chi connectivity index (χ0) is 21.1. The molecule has 0 aliphatic rings. The summed E-state index contributed by atoms with van der Waals surface area (Å²) < 4.78 is 34.5. The summed E-state index contributed by atoms with van der Waals surface area (Å²) in [5, 5.41) is 12.6. The Bertz CT molecular complexity index is 1170. The molecule has 0 unspecified atom stereocenters. The van der Waals surface area contributed by atoms with Crippen molar-refractivity contribution < 1.29 is 13.5 Å². The van der Waals surface area contributed by atoms with Crippen LogP contribution in [0.3, 0.4) is 0 Å². The predicted molar refractivity (Wildman–Crippen MR) is 108 cm³/mol. The van der Waals surface area contributed by atoms with E-state index in [1.54, 1.807) is 29.6 Å². The lowest BCUT2D eigenvalue weighted by Crippen LogP contribution is -2.01. The van der Waals surface area contributed by atoms with Crippen molar-refractivity contribution in [3.63, 3.8) is 0 Å². The van der Waals surface area contributed by atoms with Crippen molar-refractivity contribution in [3.8, 4) is 22.8 Å². The quantitative estimate of drug-likeness (QED) is 0.487. The maximum atomic E-state index is 14.0. The van der Waals surface area contributed by atoms with Gasteiger partial charge >= 0.3 is 0 Å². The topological polar surface area (TPSA) is 78.3 Å². The normalized spacial score (nSPS) is 10.6. The van der Waals surface area contributed by atoms with Crippen molar-refractivity contribution >= 4 is 11.3 Å². The summed E-state index contributed by atoms with van der Waals surface area (Å²) in [5.74, 6) is -0.602. The second kappa shape index (κ2) is 8.22. The molecule has 4 aromatic rings. The zero-order valence-electron chi connectivity index (χ0n) is 16.6. The van der Waals surface area contributed by atoms with Crippen molar-refractivity contribution in [1.29, 1.82) is 0 Å². The first-order valence-corrected chi connectivity index (χ1v) is 9.15. The molecule has 0 fully saturated rings. The van der Waals surface area contributed by atoms with Crippen LogP contribution in [-0.4, -0.2) is 19.8 Å². The van der Waals surface area contributed by atoms with Crippen molar-refractivity contribution in [2.75, 3.05) is 5.73 Å². The number of nitrogens with two attached hydrogens (primary N) is 1. The van der Waals surface area contributed by atoms with E-state index in [0.29, 0.717) is 34.2 Å². The molecule has 0 bridgehead atoms. The Hall–Kier alpha value is -3.55. The third-order valence-electron chi connectivity index (χ3n) is 4.11. The minimum absolute atomic E-state index is 0.0957. The van der Waals surface area contributed by atoms with E-state index in [1.165, 1.54) is 6.07 Å². The number of aromatic nitrogens is 4. The highest BCUT2D eigenvalue weighted by molar-refractivity contribution is 5.74. The van der Waals surface area contributed by atoms with E-state index in [2.05, 4.69) is 15.3 Å². The highest BCUT2D eigenvalue weighted by Gasteiger charge is 2.16. The monoisotopic (exact) mass is 397 g/mol. The van der Waals surface area contributed by atoms with E-state index in [0.717, 1.165) is 17.7 Å². The molecule has 2 aromatic carbocycles. The number of rotatable bonds is 3. The van der Waals surface area contributed by atoms with Gasteiger partial charge in [-0.05, 0) is 55.8 Å². The van der Waals surface area contributed by atoms with Gasteiger partial charge < -0.3 is 10.5 Å². The fraction of sp³-hybridized carbons (Fsp3) is 0.190. The summed E-state index contributed by atoms with van der Waals surface area (Å²) in [4.78, 5) is 0. The van der Waals surface area contributed by atoms with Crippen molar-refractivity contribution in [3.05, 3.63) is 65.5 Å². The molecule has 0 aliphatic carbocycles. The number of halogens is 2. The molecule has 6 nitrogen and oxygen atoms in total. The Morgan fingerprint density at radius 3 is 2.38 bits per heavy atom. The van der Waals surface area contributed by atoms with Gasteiger partial charge in [-0.25, -0.2) is 8.78 Å². The largest absolute Gasteiger partial charge is 0.454 e. The van der Waals surface area contributed by atoms with E-state index in [9.17, 15) is 8.78 Å². The van der Waals surface area contributed by atoms with Gasteiger partial charge in [-0.1, -0.05) is 13.8 Å². The van der Waals surface area contributed by atoms with Crippen LogP contribution in [0.5, 0.6) is 11.5 Å². The fourth-order valence-corrected chi connectivity index (χ4v) is 2.79. The molecule has 0 aliphatic heterocycles. The third kappa shape index (κ3) is 4.01. The van der Waals surface area contributed by atoms with Gasteiger partial charge in [-0.15, -0.1) is 10.2 Å². The van der Waals surface area contributed by atoms with Crippen LogP contribution >= 0.6 is 0 Å². The van der Waals surface area contributed by atoms with Crippen LogP contribution < -0.4 is 10.5 Å². The number of ether oxygens (including phenoxy) is 1. The van der Waals surface area contributed by atoms with Gasteiger partial charge in [0, 0.05) is 17.3 Å². The second-order valence-corrected chi connectivity index (χ2v) is 6.13. The van der Waals surface area contributed by atoms with Gasteiger partial charge in [0.1, 0.15) is 11.6 Å². The lowest BCUT2D eigenvalue weighted by Gasteiger charge is -2.14. The highest BCUT2D eigenvalue weighted by Crippen LogP contribution is 2.36. The third-order valence-corrected chi connectivity index (χ3v) is 4.11. The minimum atomic E-state index is -0.799. The molecule has 4 rings (SSSR count). The summed E-state index contributed by atoms with van der Waals surface area (Å²) >= 11 is 0. The molecule has 0 atom stereocenters. The predicted octanol–water partition coefficient (Wildman–Crippen LogP) is 5.09. The molecular weight excluding hydrogens is 376 g/mol. The molecular formula is C21H21F2N5O. The summed E-state index contributed by atoms with van der Waals surface area (Å²) in [6.45, 7) is 7.66. The van der Waals surface area contributed by atoms with E-state index < -0.39 is 11.6 Å². The Morgan fingerprint density at radius 1 is 0.931 bits per heavy atom. The van der Waals surface area contributed by atoms with Crippen LogP contribution in [0.2, 0.25) is 0 Å². The number of nitrogen functional groups attached to an aromatic ring is 1. The molecule has 2 heterocycles. The van der Waals surface area contributed by atoms with E-state index in [1.807, 2.05) is 26.8 Å². The number of hydrogen-bond acceptors (Lipinski definition) is 5. The SMILES string of the molecule is CC.Cc1cc2nnc(C)n2nc1-c1cc(N)ccc1Oc1ccc(F)cc1F. The average molecular weight is 397 g/mol. The number of hydrogen-bond donors (Lipinski definition) is 1. The van der Waals surface area contributed by atoms with Crippen molar-refractivity contribution in [2.45, 2.75) is 27.7 Å². The molecule has 150 valence electrons. The van der Waals surface area contributed by atoms with Gasteiger partial charge in [0.2, 0.25) is 0 Å². The molecule has 29 heavy (non-hydrogen) atoms. The van der Waals surface area contributed by atoms with Crippen LogP contribution in [0.15, 0.2) is 42.5 Å². The minimum Gasteiger partial charge on any atom is -0.454 e. The van der Waals surface area contributed by atoms with Crippen molar-refractivity contribution in [1.82, 2.24) is 19.8 Å². The first-order valence-electron chi connectivity index (χ1n) is 9.15. The summed E-state index contributed by atoms with van der Waals surface area (Å²) in [5.41, 5.74) is 9.05. The van der Waals surface area contributed by atoms with Gasteiger partial charge in [0.05, 0.1) is 5.69 Å². The summed E-state index contributed by atoms with van der Waals surface area (Å²) in [6.07, 6.45) is 0. The van der Waals surface area contributed by atoms with Gasteiger partial charge in [-0.2, -0.15) is 9.61 Å². The number of anilines is 1. The van der Waals surface area contributed by atoms with Gasteiger partial charge in [0.25, 0.3) is 0 Å². The zero-order valence-corrected chi connectivity index (χ0v) is 16.6. The summed E-state index contributed by atoms with van der Waals surface area (Å²) in [7, 11) is 0. The smallest absolute Gasteiger partial charge is 0.178 e. The molecule has 0 radical (unpaired) electrons. The molecule has 2 aromatic heterocycles. The molecule has 2 N–H and O–H groups in total. The van der Waals surface area contributed by atoms with Crippen LogP contribution in [0, 0.1) is 25.5 Å². The van der Waals surface area contributed by atoms with Gasteiger partial charge in [-0.3, -0.25) is 0 Å². The maximum Gasteiger partial charge on any atom is 0.178 e. The van der Waals surface area contributed by atoms with E-state index in [4.69, 9.17) is 10.5 Å². The maximum absolute atomic E-state index is 14.0. The highest BCUT2D eigenvalue weighted by atomic mass is 19.1. The van der Waals surface area contributed by atoms with Crippen LogP contribution in [0.1, 0.15) is 25.2 Å². The Kier molecular flexibility index (Phi) is 5.72. The first kappa shape index (κ1) is 20.2. The second-order valence-electron chi connectivity index (χ2n) is 6.13. The van der Waals surface area contributed by atoms with E-state index in [-0.39, 0.29) is 5.75 Å². The Labute approximate surface area is 167 Å². The number of benzene rings is 2. The molecule has 0 spiro atoms. The number of aryl methyl sites for hydroxylation is 2. The molecule has 8 heteroatoms. The van der Waals surface area contributed by atoms with Gasteiger partial charge in [0.15, 0.2) is 23.0 Å². The lowest BCUT2D eigenvalue weighted by molar-refractivity contribution is 0.439. The lowest BCUT2D eigenvalue weighted by atomic mass is 10.1. The van der Waals surface area contributed by atoms with Crippen molar-refractivity contribution in [2.24, 2.45) is 0 Å². The van der Waals surface area contributed by atoms with Crippen LogP contribution in [0.4, 0.5) is 14.5 Å². The van der Waals surface area contributed by atoms with Crippen LogP contribution in [0.25, 0.3) is 16.9 Å². The molecule has 0 saturated heterocycles. The fourth-order valence-electron chi connectivity index (χ4n) is 2.79. The van der Waals surface area contributed by atoms with E-state index >= 15 is 0 Å². The number of fused-ring (bicyclic) bond motifs is 1. The Morgan fingerprint density at radius 2 is 1.66 bits per heavy atom. The average Bonchev–Trinajstić information content (AvgIpc) is 3.06. The standard InChI is InChI=1S/C19H15F2N5O.C2H6/c1-10-7-18-24-23-11(2)26(18)25-19(10)14-9-13(22)4-6-16(14)27-17-5-3-12(20)8-15(17)21;1-2/h3-9H,22H2,1-2H3;1-2H3. The summed E-state index contributed by atoms with van der Waals surface area (Å²) in [6, 6.07) is 9.92. The first-order chi connectivity index (χ1) is 13.9. The molecule has 0 saturated carbocycles. The number of nitrogens with zero attached hydrogens (tertiary/aromatic N) is 4.